The second-order valence-electron chi connectivity index (χ2n) is 4.32. The lowest BCUT2D eigenvalue weighted by atomic mass is 10.2. The second kappa shape index (κ2) is 6.99. The Labute approximate surface area is 128 Å². The largest absolute Gasteiger partial charge is 0.493 e. The fourth-order valence-electron chi connectivity index (χ4n) is 1.70. The molecule has 0 fully saturated rings. The molecule has 0 saturated heterocycles. The smallest absolute Gasteiger partial charge is 0.349 e. The Bertz CT molecular complexity index is 640. The van der Waals surface area contributed by atoms with E-state index in [9.17, 15) is 4.79 Å². The van der Waals surface area contributed by atoms with Gasteiger partial charge in [0.25, 0.3) is 0 Å². The number of methoxy groups -OCH3 is 1. The number of hydrogen-bond acceptors (Lipinski definition) is 4. The summed E-state index contributed by atoms with van der Waals surface area (Å²) in [4.78, 5) is 11.8. The molecule has 0 heterocycles. The van der Waals surface area contributed by atoms with Crippen molar-refractivity contribution in [3.8, 4) is 17.2 Å². The molecule has 0 saturated carbocycles. The van der Waals surface area contributed by atoms with Crippen LogP contribution in [0, 0.1) is 6.92 Å². The maximum absolute atomic E-state index is 11.8. The monoisotopic (exact) mass is 306 g/mol. The summed E-state index contributed by atoms with van der Waals surface area (Å²) in [5.41, 5.74) is 0.882. The fraction of sp³-hybridized carbons (Fsp3) is 0.188. The first-order valence-electron chi connectivity index (χ1n) is 6.33. The van der Waals surface area contributed by atoms with Gasteiger partial charge in [0, 0.05) is 5.02 Å². The van der Waals surface area contributed by atoms with Gasteiger partial charge in [0.2, 0.25) is 0 Å². The normalized spacial score (nSPS) is 10.0. The lowest BCUT2D eigenvalue weighted by Crippen LogP contribution is -2.18. The minimum Gasteiger partial charge on any atom is -0.493 e. The van der Waals surface area contributed by atoms with Gasteiger partial charge < -0.3 is 14.2 Å². The van der Waals surface area contributed by atoms with Crippen LogP contribution >= 0.6 is 11.6 Å². The summed E-state index contributed by atoms with van der Waals surface area (Å²) in [7, 11) is 1.51. The van der Waals surface area contributed by atoms with Crippen molar-refractivity contribution >= 4 is 17.6 Å². The third-order valence-corrected chi connectivity index (χ3v) is 3.20. The number of carbonyl (C=O) groups is 1. The zero-order valence-corrected chi connectivity index (χ0v) is 12.5. The van der Waals surface area contributed by atoms with Gasteiger partial charge in [-0.2, -0.15) is 0 Å². The topological polar surface area (TPSA) is 44.8 Å². The molecule has 0 bridgehead atoms. The maximum Gasteiger partial charge on any atom is 0.349 e. The fourth-order valence-corrected chi connectivity index (χ4v) is 1.82. The van der Waals surface area contributed by atoms with Crippen LogP contribution in [0.2, 0.25) is 5.02 Å². The quantitative estimate of drug-likeness (QED) is 0.625. The molecule has 110 valence electrons. The molecule has 21 heavy (non-hydrogen) atoms. The lowest BCUT2D eigenvalue weighted by molar-refractivity contribution is -0.136. The minimum atomic E-state index is -0.507. The number of halogens is 1. The molecule has 0 aliphatic carbocycles. The van der Waals surface area contributed by atoms with Crippen LogP contribution in [0.5, 0.6) is 17.2 Å². The Morgan fingerprint density at radius 2 is 1.86 bits per heavy atom. The molecule has 0 atom stereocenters. The number of hydrogen-bond donors (Lipinski definition) is 0. The van der Waals surface area contributed by atoms with Gasteiger partial charge in [0.1, 0.15) is 5.75 Å². The van der Waals surface area contributed by atoms with Crippen LogP contribution in [0.3, 0.4) is 0 Å². The Balaban J connectivity index is 1.94. The van der Waals surface area contributed by atoms with Crippen LogP contribution in [0.15, 0.2) is 42.5 Å². The highest BCUT2D eigenvalue weighted by Gasteiger charge is 2.10. The van der Waals surface area contributed by atoms with Crippen molar-refractivity contribution in [1.29, 1.82) is 0 Å². The van der Waals surface area contributed by atoms with Crippen molar-refractivity contribution in [2.75, 3.05) is 13.7 Å². The summed E-state index contributed by atoms with van der Waals surface area (Å²) in [5.74, 6) is 0.912. The van der Waals surface area contributed by atoms with Gasteiger partial charge in [-0.05, 0) is 42.8 Å². The van der Waals surface area contributed by atoms with E-state index in [1.165, 1.54) is 7.11 Å². The third kappa shape index (κ3) is 4.13. The zero-order valence-electron chi connectivity index (χ0n) is 11.8. The number of benzene rings is 2. The van der Waals surface area contributed by atoms with Gasteiger partial charge in [-0.1, -0.05) is 23.7 Å². The average Bonchev–Trinajstić information content (AvgIpc) is 2.49. The summed E-state index contributed by atoms with van der Waals surface area (Å²) in [5, 5.41) is 0.652. The lowest BCUT2D eigenvalue weighted by Gasteiger charge is -2.10. The summed E-state index contributed by atoms with van der Waals surface area (Å²) in [6.45, 7) is 1.67. The van der Waals surface area contributed by atoms with E-state index in [0.29, 0.717) is 22.3 Å². The van der Waals surface area contributed by atoms with E-state index in [1.54, 1.807) is 42.5 Å². The van der Waals surface area contributed by atoms with E-state index < -0.39 is 5.97 Å². The van der Waals surface area contributed by atoms with Crippen molar-refractivity contribution in [2.24, 2.45) is 0 Å². The van der Waals surface area contributed by atoms with Crippen molar-refractivity contribution in [3.05, 3.63) is 53.1 Å². The molecule has 0 spiro atoms. The molecule has 0 aromatic heterocycles. The van der Waals surface area contributed by atoms with E-state index >= 15 is 0 Å². The molecule has 0 amide bonds. The van der Waals surface area contributed by atoms with E-state index in [4.69, 9.17) is 25.8 Å². The van der Waals surface area contributed by atoms with E-state index in [-0.39, 0.29) is 6.61 Å². The van der Waals surface area contributed by atoms with Crippen molar-refractivity contribution in [1.82, 2.24) is 0 Å². The molecule has 5 heteroatoms. The van der Waals surface area contributed by atoms with Gasteiger partial charge in [0.05, 0.1) is 7.11 Å². The highest BCUT2D eigenvalue weighted by atomic mass is 35.5. The molecular formula is C16H15ClO4. The van der Waals surface area contributed by atoms with E-state index in [0.717, 1.165) is 5.56 Å². The number of esters is 1. The first kappa shape index (κ1) is 15.2. The highest BCUT2D eigenvalue weighted by molar-refractivity contribution is 6.31. The molecule has 0 N–H and O–H groups in total. The molecule has 2 rings (SSSR count). The molecule has 0 aliphatic heterocycles. The first-order chi connectivity index (χ1) is 10.1. The zero-order chi connectivity index (χ0) is 15.2. The van der Waals surface area contributed by atoms with Crippen molar-refractivity contribution < 1.29 is 19.0 Å². The standard InChI is InChI=1S/C16H15ClO4/c1-11-9-12(7-8-13(11)17)20-10-16(18)21-15-6-4-3-5-14(15)19-2/h3-9H,10H2,1-2H3. The average molecular weight is 307 g/mol. The molecular weight excluding hydrogens is 292 g/mol. The van der Waals surface area contributed by atoms with Crippen LogP contribution in [0.1, 0.15) is 5.56 Å². The Morgan fingerprint density at radius 1 is 1.14 bits per heavy atom. The summed E-state index contributed by atoms with van der Waals surface area (Å²) in [6.07, 6.45) is 0. The maximum atomic E-state index is 11.8. The van der Waals surface area contributed by atoms with Crippen molar-refractivity contribution in [2.45, 2.75) is 6.92 Å². The Kier molecular flexibility index (Phi) is 5.06. The van der Waals surface area contributed by atoms with Crippen molar-refractivity contribution in [3.63, 3.8) is 0 Å². The van der Waals surface area contributed by atoms with Gasteiger partial charge in [-0.3, -0.25) is 0 Å². The van der Waals surface area contributed by atoms with E-state index in [2.05, 4.69) is 0 Å². The Morgan fingerprint density at radius 3 is 2.52 bits per heavy atom. The third-order valence-electron chi connectivity index (χ3n) is 2.78. The summed E-state index contributed by atoms with van der Waals surface area (Å²) in [6, 6.07) is 12.1. The number of para-hydroxylation sites is 2. The molecule has 0 unspecified atom stereocenters. The summed E-state index contributed by atoms with van der Waals surface area (Å²) < 4.78 is 15.7. The second-order valence-corrected chi connectivity index (χ2v) is 4.73. The van der Waals surface area contributed by atoms with Gasteiger partial charge >= 0.3 is 5.97 Å². The molecule has 2 aromatic carbocycles. The van der Waals surface area contributed by atoms with Crippen LogP contribution in [-0.2, 0) is 4.79 Å². The minimum absolute atomic E-state index is 0.195. The van der Waals surface area contributed by atoms with Gasteiger partial charge in [-0.25, -0.2) is 4.79 Å². The molecule has 2 aromatic rings. The molecule has 4 nitrogen and oxygen atoms in total. The molecule has 0 aliphatic rings. The predicted molar refractivity (Wildman–Crippen MR) is 80.3 cm³/mol. The number of carbonyl (C=O) groups excluding carboxylic acids is 1. The molecule has 0 radical (unpaired) electrons. The SMILES string of the molecule is COc1ccccc1OC(=O)COc1ccc(Cl)c(C)c1. The van der Waals surface area contributed by atoms with Gasteiger partial charge in [-0.15, -0.1) is 0 Å². The van der Waals surface area contributed by atoms with E-state index in [1.807, 2.05) is 6.92 Å². The number of aryl methyl sites for hydroxylation is 1. The highest BCUT2D eigenvalue weighted by Crippen LogP contribution is 2.26. The van der Waals surface area contributed by atoms with Crippen LogP contribution < -0.4 is 14.2 Å². The first-order valence-corrected chi connectivity index (χ1v) is 6.70. The van der Waals surface area contributed by atoms with Crippen LogP contribution in [-0.4, -0.2) is 19.7 Å². The predicted octanol–water partition coefficient (Wildman–Crippen LogP) is 3.64. The Hall–Kier alpha value is -2.20. The van der Waals surface area contributed by atoms with Crippen LogP contribution in [0.4, 0.5) is 0 Å². The van der Waals surface area contributed by atoms with Crippen LogP contribution in [0.25, 0.3) is 0 Å². The number of ether oxygens (including phenoxy) is 3. The van der Waals surface area contributed by atoms with Gasteiger partial charge in [0.15, 0.2) is 18.1 Å². The number of rotatable bonds is 5. The summed E-state index contributed by atoms with van der Waals surface area (Å²) >= 11 is 5.92.